The molecule has 4 rings (SSSR count). The average Bonchev–Trinajstić information content (AvgIpc) is 3.50. The average molecular weight is 517 g/mol. The predicted octanol–water partition coefficient (Wildman–Crippen LogP) is 3.88. The van der Waals surface area contributed by atoms with Crippen LogP contribution in [0.3, 0.4) is 0 Å². The Morgan fingerprint density at radius 2 is 1.86 bits per heavy atom. The molecule has 2 aliphatic heterocycles. The lowest BCUT2D eigenvalue weighted by atomic mass is 10.0. The molecule has 35 heavy (non-hydrogen) atoms. The number of halogens is 4. The molecular formula is C22H24F4N4O4S. The SMILES string of the molecule is CC(C)(NC(=O)N1CCCOCC1)C1OC1Nc1nc(C(F)(F)F)c(C(=O)c2ccc(F)cc2)s1. The van der Waals surface area contributed by atoms with E-state index in [1.807, 2.05) is 0 Å². The molecule has 190 valence electrons. The summed E-state index contributed by atoms with van der Waals surface area (Å²) in [6.45, 7) is 5.54. The fourth-order valence-electron chi connectivity index (χ4n) is 3.73. The number of alkyl halides is 3. The van der Waals surface area contributed by atoms with Gasteiger partial charge in [-0.3, -0.25) is 4.79 Å². The van der Waals surface area contributed by atoms with E-state index in [-0.39, 0.29) is 16.7 Å². The number of aromatic nitrogens is 1. The number of thiazole rings is 1. The molecule has 0 bridgehead atoms. The molecule has 2 unspecified atom stereocenters. The standard InChI is InChI=1S/C22H24F4N4O4S/c1-21(2,29-20(32)30-8-3-10-33-11-9-30)17-18(34-17)28-19-27-16(22(24,25)26)15(35-19)14(31)12-4-6-13(23)7-5-12/h4-7,17-18H,3,8-11H2,1-2H3,(H,27,28)(H,29,32). The van der Waals surface area contributed by atoms with Crippen LogP contribution < -0.4 is 10.6 Å². The number of carbonyl (C=O) groups excluding carboxylic acids is 2. The first-order chi connectivity index (χ1) is 16.5. The summed E-state index contributed by atoms with van der Waals surface area (Å²) < 4.78 is 64.8. The summed E-state index contributed by atoms with van der Waals surface area (Å²) >= 11 is 0.538. The van der Waals surface area contributed by atoms with Gasteiger partial charge >= 0.3 is 12.2 Å². The van der Waals surface area contributed by atoms with Gasteiger partial charge in [0.2, 0.25) is 5.78 Å². The normalized spacial score (nSPS) is 20.8. The Morgan fingerprint density at radius 1 is 1.14 bits per heavy atom. The summed E-state index contributed by atoms with van der Waals surface area (Å²) in [7, 11) is 0. The number of urea groups is 1. The highest BCUT2D eigenvalue weighted by Crippen LogP contribution is 2.40. The van der Waals surface area contributed by atoms with Gasteiger partial charge in [-0.1, -0.05) is 11.3 Å². The number of hydrogen-bond donors (Lipinski definition) is 2. The number of nitrogens with one attached hydrogen (secondary N) is 2. The van der Waals surface area contributed by atoms with Crippen molar-refractivity contribution in [3.63, 3.8) is 0 Å². The number of anilines is 1. The van der Waals surface area contributed by atoms with E-state index >= 15 is 0 Å². The van der Waals surface area contributed by atoms with E-state index < -0.39 is 46.2 Å². The molecule has 0 saturated carbocycles. The zero-order chi connectivity index (χ0) is 25.4. The molecule has 1 aromatic heterocycles. The van der Waals surface area contributed by atoms with Crippen molar-refractivity contribution in [3.8, 4) is 0 Å². The summed E-state index contributed by atoms with van der Waals surface area (Å²) in [6.07, 6.45) is -5.39. The van der Waals surface area contributed by atoms with Crippen LogP contribution in [0.15, 0.2) is 24.3 Å². The molecule has 2 aliphatic rings. The van der Waals surface area contributed by atoms with Crippen LogP contribution in [0.2, 0.25) is 0 Å². The number of benzene rings is 1. The third kappa shape index (κ3) is 5.90. The van der Waals surface area contributed by atoms with E-state index in [9.17, 15) is 27.2 Å². The number of epoxide rings is 1. The van der Waals surface area contributed by atoms with Gasteiger partial charge in [0.15, 0.2) is 17.1 Å². The Labute approximate surface area is 202 Å². The van der Waals surface area contributed by atoms with Gasteiger partial charge in [0, 0.05) is 25.3 Å². The first-order valence-electron chi connectivity index (χ1n) is 10.9. The van der Waals surface area contributed by atoms with E-state index in [0.29, 0.717) is 37.6 Å². The van der Waals surface area contributed by atoms with E-state index in [0.717, 1.165) is 30.7 Å². The number of ether oxygens (including phenoxy) is 2. The summed E-state index contributed by atoms with van der Waals surface area (Å²) in [6, 6.07) is 3.95. The number of carbonyl (C=O) groups is 2. The Hall–Kier alpha value is -2.77. The Morgan fingerprint density at radius 3 is 2.54 bits per heavy atom. The molecule has 3 heterocycles. The first kappa shape index (κ1) is 25.3. The van der Waals surface area contributed by atoms with Gasteiger partial charge in [-0.2, -0.15) is 13.2 Å². The van der Waals surface area contributed by atoms with Crippen LogP contribution in [0.4, 0.5) is 27.5 Å². The van der Waals surface area contributed by atoms with Crippen LogP contribution in [0.1, 0.15) is 41.2 Å². The molecule has 0 spiro atoms. The van der Waals surface area contributed by atoms with Gasteiger partial charge < -0.3 is 25.0 Å². The Bertz CT molecular complexity index is 1080. The number of nitrogens with zero attached hydrogens (tertiary/aromatic N) is 2. The molecule has 2 saturated heterocycles. The Kier molecular flexibility index (Phi) is 7.02. The first-order valence-corrected chi connectivity index (χ1v) is 11.7. The quantitative estimate of drug-likeness (QED) is 0.344. The van der Waals surface area contributed by atoms with E-state index in [1.54, 1.807) is 18.7 Å². The highest BCUT2D eigenvalue weighted by atomic mass is 32.1. The van der Waals surface area contributed by atoms with Gasteiger partial charge in [-0.15, -0.1) is 0 Å². The summed E-state index contributed by atoms with van der Waals surface area (Å²) in [5.41, 5.74) is -2.25. The van der Waals surface area contributed by atoms with Crippen molar-refractivity contribution in [3.05, 3.63) is 46.2 Å². The summed E-state index contributed by atoms with van der Waals surface area (Å²) in [5, 5.41) is 5.52. The monoisotopic (exact) mass is 516 g/mol. The predicted molar refractivity (Wildman–Crippen MR) is 119 cm³/mol. The molecule has 2 aromatic rings. The van der Waals surface area contributed by atoms with Gasteiger partial charge in [0.25, 0.3) is 0 Å². The van der Waals surface area contributed by atoms with Gasteiger partial charge in [0.1, 0.15) is 16.8 Å². The maximum atomic E-state index is 13.6. The molecule has 1 aromatic carbocycles. The highest BCUT2D eigenvalue weighted by Gasteiger charge is 2.52. The lowest BCUT2D eigenvalue weighted by Crippen LogP contribution is -2.54. The molecule has 8 nitrogen and oxygen atoms in total. The molecule has 2 amide bonds. The summed E-state index contributed by atoms with van der Waals surface area (Å²) in [4.78, 5) is 29.9. The minimum atomic E-state index is -4.87. The highest BCUT2D eigenvalue weighted by molar-refractivity contribution is 7.17. The van der Waals surface area contributed by atoms with Crippen molar-refractivity contribution in [2.45, 2.75) is 44.3 Å². The van der Waals surface area contributed by atoms with Crippen LogP contribution in [0.25, 0.3) is 0 Å². The smallest absolute Gasteiger partial charge is 0.380 e. The van der Waals surface area contributed by atoms with Crippen LogP contribution >= 0.6 is 11.3 Å². The second-order valence-corrected chi connectivity index (χ2v) is 9.76. The topological polar surface area (TPSA) is 96.1 Å². The third-order valence-electron chi connectivity index (χ3n) is 5.62. The van der Waals surface area contributed by atoms with Crippen LogP contribution in [0.5, 0.6) is 0 Å². The fraction of sp³-hybridized carbons (Fsp3) is 0.500. The van der Waals surface area contributed by atoms with Crippen molar-refractivity contribution in [1.29, 1.82) is 0 Å². The van der Waals surface area contributed by atoms with E-state index in [2.05, 4.69) is 15.6 Å². The van der Waals surface area contributed by atoms with Gasteiger partial charge in [-0.25, -0.2) is 14.2 Å². The molecule has 0 radical (unpaired) electrons. The maximum Gasteiger partial charge on any atom is 0.435 e. The number of ketones is 1. The summed E-state index contributed by atoms with van der Waals surface area (Å²) in [5.74, 6) is -1.52. The molecule has 0 aliphatic carbocycles. The van der Waals surface area contributed by atoms with Gasteiger partial charge in [0.05, 0.1) is 12.1 Å². The van der Waals surface area contributed by atoms with Crippen molar-refractivity contribution < 1.29 is 36.6 Å². The van der Waals surface area contributed by atoms with Crippen molar-refractivity contribution >= 4 is 28.3 Å². The number of rotatable bonds is 6. The van der Waals surface area contributed by atoms with Gasteiger partial charge in [-0.05, 0) is 44.5 Å². The molecule has 2 N–H and O–H groups in total. The maximum absolute atomic E-state index is 13.6. The fourth-order valence-corrected chi connectivity index (χ4v) is 4.70. The Balaban J connectivity index is 1.44. The van der Waals surface area contributed by atoms with Crippen LogP contribution in [0, 0.1) is 5.82 Å². The number of hydrogen-bond acceptors (Lipinski definition) is 7. The lowest BCUT2D eigenvalue weighted by Gasteiger charge is -2.29. The molecule has 13 heteroatoms. The largest absolute Gasteiger partial charge is 0.435 e. The lowest BCUT2D eigenvalue weighted by molar-refractivity contribution is -0.140. The van der Waals surface area contributed by atoms with Crippen LogP contribution in [-0.4, -0.2) is 65.9 Å². The molecular weight excluding hydrogens is 492 g/mol. The van der Waals surface area contributed by atoms with Crippen molar-refractivity contribution in [1.82, 2.24) is 15.2 Å². The molecule has 2 atom stereocenters. The minimum Gasteiger partial charge on any atom is -0.380 e. The molecule has 2 fully saturated rings. The van der Waals surface area contributed by atoms with Crippen LogP contribution in [-0.2, 0) is 15.7 Å². The number of amides is 2. The third-order valence-corrected chi connectivity index (χ3v) is 6.60. The minimum absolute atomic E-state index is 0.0876. The zero-order valence-corrected chi connectivity index (χ0v) is 19.8. The van der Waals surface area contributed by atoms with E-state index in [4.69, 9.17) is 9.47 Å². The zero-order valence-electron chi connectivity index (χ0n) is 18.9. The van der Waals surface area contributed by atoms with Crippen molar-refractivity contribution in [2.75, 3.05) is 31.6 Å². The van der Waals surface area contributed by atoms with E-state index in [1.165, 1.54) is 0 Å². The van der Waals surface area contributed by atoms with Crippen molar-refractivity contribution in [2.24, 2.45) is 0 Å². The second-order valence-electron chi connectivity index (χ2n) is 8.76. The second kappa shape index (κ2) is 9.70.